The Balaban J connectivity index is 4.48. The topological polar surface area (TPSA) is 155 Å². The van der Waals surface area contributed by atoms with Crippen LogP contribution < -0.4 is 5.73 Å². The first kappa shape index (κ1) is 51.6. The molecule has 55 heavy (non-hydrogen) atoms. The monoisotopic (exact) mass is 787 g/mol. The number of hydrogen-bond acceptors (Lipinski definition) is 8. The number of carboxylic acid groups (broad SMARTS) is 1. The van der Waals surface area contributed by atoms with Crippen molar-refractivity contribution >= 4 is 19.8 Å². The summed E-state index contributed by atoms with van der Waals surface area (Å²) in [6.07, 6.45) is 51.5. The Hall–Kier alpha value is -3.37. The molecule has 0 saturated heterocycles. The molecule has 0 fully saturated rings. The molecule has 0 bridgehead atoms. The number of aliphatic carboxylic acids is 1. The Kier molecular flexibility index (Phi) is 36.5. The Morgan fingerprint density at radius 2 is 0.982 bits per heavy atom. The van der Waals surface area contributed by atoms with Crippen LogP contribution in [-0.4, -0.2) is 60.5 Å². The largest absolute Gasteiger partial charge is 0.480 e. The van der Waals surface area contributed by atoms with Gasteiger partial charge in [0.2, 0.25) is 0 Å². The maximum atomic E-state index is 12.6. The fourth-order valence-corrected chi connectivity index (χ4v) is 5.28. The standard InChI is InChI=1S/C44H70NO9P/c1-3-5-7-9-11-13-15-17-19-20-21-23-25-27-29-31-33-35-37-51-38-41(39-52-55(49,50)53-40-42(45)44(47)48)54-43(46)36-34-32-30-28-26-24-22-18-16-14-12-10-8-6-4-2/h5-8,11-14,17-19,21-23,26-29,41-42H,3-4,9-10,15-16,20,24-25,30-40,45H2,1-2H3,(H,47,48)(H,49,50)/b7-5-,8-6-,13-11-,14-12-,19-17-,22-18-,23-21-,28-26-,29-27-. The Labute approximate surface area is 331 Å². The predicted octanol–water partition coefficient (Wildman–Crippen LogP) is 10.7. The number of hydrogen-bond donors (Lipinski definition) is 3. The first-order chi connectivity index (χ1) is 26.7. The van der Waals surface area contributed by atoms with Gasteiger partial charge >= 0.3 is 19.8 Å². The molecule has 310 valence electrons. The quantitative estimate of drug-likeness (QED) is 0.0242. The van der Waals surface area contributed by atoms with Gasteiger partial charge in [-0.15, -0.1) is 0 Å². The van der Waals surface area contributed by atoms with Crippen molar-refractivity contribution < 1.29 is 42.7 Å². The summed E-state index contributed by atoms with van der Waals surface area (Å²) in [5.41, 5.74) is 5.34. The van der Waals surface area contributed by atoms with Gasteiger partial charge in [0, 0.05) is 13.0 Å². The van der Waals surface area contributed by atoms with Crippen LogP contribution in [0.4, 0.5) is 0 Å². The molecule has 4 N–H and O–H groups in total. The second-order valence-electron chi connectivity index (χ2n) is 12.6. The highest BCUT2D eigenvalue weighted by molar-refractivity contribution is 7.47. The van der Waals surface area contributed by atoms with Crippen LogP contribution >= 0.6 is 7.82 Å². The minimum absolute atomic E-state index is 0.0377. The number of carboxylic acids is 1. The first-order valence-corrected chi connectivity index (χ1v) is 21.4. The molecule has 0 radical (unpaired) electrons. The number of phosphoric ester groups is 1. The number of allylic oxidation sites excluding steroid dienone is 18. The van der Waals surface area contributed by atoms with E-state index in [9.17, 15) is 19.0 Å². The molecule has 0 amide bonds. The lowest BCUT2D eigenvalue weighted by Crippen LogP contribution is -2.34. The van der Waals surface area contributed by atoms with Crippen LogP contribution in [0.1, 0.15) is 117 Å². The van der Waals surface area contributed by atoms with Crippen molar-refractivity contribution in [2.24, 2.45) is 5.73 Å². The highest BCUT2D eigenvalue weighted by atomic mass is 31.2. The Morgan fingerprint density at radius 1 is 0.582 bits per heavy atom. The molecule has 0 aliphatic heterocycles. The predicted molar refractivity (Wildman–Crippen MR) is 226 cm³/mol. The van der Waals surface area contributed by atoms with E-state index in [4.69, 9.17) is 24.8 Å². The van der Waals surface area contributed by atoms with Gasteiger partial charge in [-0.2, -0.15) is 0 Å². The fraction of sp³-hybridized carbons (Fsp3) is 0.545. The summed E-state index contributed by atoms with van der Waals surface area (Å²) < 4.78 is 33.2. The highest BCUT2D eigenvalue weighted by Crippen LogP contribution is 2.43. The first-order valence-electron chi connectivity index (χ1n) is 19.9. The number of carbonyl (C=O) groups is 2. The van der Waals surface area contributed by atoms with E-state index in [1.165, 1.54) is 0 Å². The molecule has 0 heterocycles. The summed E-state index contributed by atoms with van der Waals surface area (Å²) in [5.74, 6) is -1.86. The molecule has 11 heteroatoms. The van der Waals surface area contributed by atoms with Gasteiger partial charge < -0.3 is 25.2 Å². The molecule has 0 aliphatic carbocycles. The zero-order valence-electron chi connectivity index (χ0n) is 33.5. The van der Waals surface area contributed by atoms with Crippen molar-refractivity contribution in [1.29, 1.82) is 0 Å². The SMILES string of the molecule is CC/C=C\C/C=C\C/C=C\C/C=C\C/C=C\CCCCOCC(COP(=O)(O)OCC(N)C(=O)O)OC(=O)CCCC/C=C\C/C=C\C/C=C\C/C=C\CC. The van der Waals surface area contributed by atoms with Crippen molar-refractivity contribution in [2.75, 3.05) is 26.4 Å². The molecule has 0 saturated carbocycles. The van der Waals surface area contributed by atoms with Crippen LogP contribution in [-0.2, 0) is 32.7 Å². The van der Waals surface area contributed by atoms with Gasteiger partial charge in [-0.25, -0.2) is 4.57 Å². The number of nitrogens with two attached hydrogens (primary N) is 1. The maximum Gasteiger partial charge on any atom is 0.472 e. The molecule has 0 aromatic rings. The van der Waals surface area contributed by atoms with E-state index in [0.29, 0.717) is 13.0 Å². The van der Waals surface area contributed by atoms with Crippen LogP contribution in [0.25, 0.3) is 0 Å². The zero-order chi connectivity index (χ0) is 40.5. The number of carbonyl (C=O) groups excluding carboxylic acids is 1. The summed E-state index contributed by atoms with van der Waals surface area (Å²) in [6, 6.07) is -1.49. The Morgan fingerprint density at radius 3 is 1.42 bits per heavy atom. The molecule has 0 spiro atoms. The summed E-state index contributed by atoms with van der Waals surface area (Å²) in [4.78, 5) is 33.4. The molecule has 3 unspecified atom stereocenters. The smallest absolute Gasteiger partial charge is 0.472 e. The molecule has 10 nitrogen and oxygen atoms in total. The maximum absolute atomic E-state index is 12.6. The summed E-state index contributed by atoms with van der Waals surface area (Å²) in [7, 11) is -4.65. The molecule has 0 aromatic carbocycles. The van der Waals surface area contributed by atoms with E-state index in [0.717, 1.165) is 89.9 Å². The molecule has 3 atom stereocenters. The third kappa shape index (κ3) is 38.7. The summed E-state index contributed by atoms with van der Waals surface area (Å²) in [6.45, 7) is 3.44. The van der Waals surface area contributed by atoms with Crippen LogP contribution in [0.3, 0.4) is 0 Å². The second-order valence-corrected chi connectivity index (χ2v) is 14.1. The number of ether oxygens (including phenoxy) is 2. The molecular weight excluding hydrogens is 717 g/mol. The van der Waals surface area contributed by atoms with Gasteiger partial charge in [-0.05, 0) is 96.3 Å². The molecule has 0 aliphatic rings. The third-order valence-corrected chi connectivity index (χ3v) is 8.50. The van der Waals surface area contributed by atoms with Crippen molar-refractivity contribution in [1.82, 2.24) is 0 Å². The van der Waals surface area contributed by atoms with Gasteiger partial charge in [0.1, 0.15) is 12.1 Å². The molecule has 0 aromatic heterocycles. The summed E-state index contributed by atoms with van der Waals surface area (Å²) >= 11 is 0. The average molecular weight is 788 g/mol. The van der Waals surface area contributed by atoms with E-state index >= 15 is 0 Å². The van der Waals surface area contributed by atoms with E-state index < -0.39 is 45.1 Å². The zero-order valence-corrected chi connectivity index (χ0v) is 34.4. The third-order valence-electron chi connectivity index (χ3n) is 7.55. The van der Waals surface area contributed by atoms with E-state index in [2.05, 4.69) is 128 Å². The molecule has 0 rings (SSSR count). The van der Waals surface area contributed by atoms with Gasteiger partial charge in [0.15, 0.2) is 0 Å². The molecular formula is C44H70NO9P. The lowest BCUT2D eigenvalue weighted by Gasteiger charge is -2.20. The van der Waals surface area contributed by atoms with Crippen molar-refractivity contribution in [3.05, 3.63) is 109 Å². The number of esters is 1. The van der Waals surface area contributed by atoms with Crippen LogP contribution in [0.2, 0.25) is 0 Å². The lowest BCUT2D eigenvalue weighted by atomic mass is 10.2. The van der Waals surface area contributed by atoms with Crippen LogP contribution in [0, 0.1) is 0 Å². The fourth-order valence-electron chi connectivity index (χ4n) is 4.50. The second kappa shape index (κ2) is 38.9. The minimum atomic E-state index is -4.65. The minimum Gasteiger partial charge on any atom is -0.480 e. The number of unbranched alkanes of at least 4 members (excludes halogenated alkanes) is 4. The average Bonchev–Trinajstić information content (AvgIpc) is 3.16. The van der Waals surface area contributed by atoms with E-state index in [1.807, 2.05) is 0 Å². The Bertz CT molecular complexity index is 1280. The van der Waals surface area contributed by atoms with E-state index in [1.54, 1.807) is 0 Å². The van der Waals surface area contributed by atoms with E-state index in [-0.39, 0.29) is 13.0 Å². The van der Waals surface area contributed by atoms with Gasteiger partial charge in [-0.1, -0.05) is 123 Å². The van der Waals surface area contributed by atoms with Crippen LogP contribution in [0.15, 0.2) is 109 Å². The van der Waals surface area contributed by atoms with Gasteiger partial charge in [0.25, 0.3) is 0 Å². The lowest BCUT2D eigenvalue weighted by molar-refractivity contribution is -0.154. The normalized spacial score (nSPS) is 15.1. The highest BCUT2D eigenvalue weighted by Gasteiger charge is 2.27. The van der Waals surface area contributed by atoms with Crippen LogP contribution in [0.5, 0.6) is 0 Å². The van der Waals surface area contributed by atoms with Gasteiger partial charge in [-0.3, -0.25) is 18.6 Å². The van der Waals surface area contributed by atoms with Gasteiger partial charge in [0.05, 0.1) is 19.8 Å². The van der Waals surface area contributed by atoms with Crippen molar-refractivity contribution in [3.8, 4) is 0 Å². The number of phosphoric acid groups is 1. The number of rotatable bonds is 36. The van der Waals surface area contributed by atoms with Crippen molar-refractivity contribution in [3.63, 3.8) is 0 Å². The van der Waals surface area contributed by atoms with Crippen molar-refractivity contribution in [2.45, 2.75) is 129 Å². The summed E-state index contributed by atoms with van der Waals surface area (Å²) in [5, 5.41) is 8.88.